The molecule has 8 heteroatoms. The Hall–Kier alpha value is -3.13. The molecule has 1 fully saturated rings. The molecule has 0 aromatic carbocycles. The minimum atomic E-state index is 0.759. The Morgan fingerprint density at radius 2 is 1.97 bits per heavy atom. The Morgan fingerprint density at radius 1 is 1.14 bits per heavy atom. The van der Waals surface area contributed by atoms with Gasteiger partial charge in [-0.25, -0.2) is 9.97 Å². The van der Waals surface area contributed by atoms with Gasteiger partial charge in [-0.15, -0.1) is 0 Å². The standard InChI is InChI=1S/C12H16N4O.C9H11N3/c17-9-16-6-2-10-11(1-3-14-12(10)16)15-7-4-13-5-8-15;1-10-8-6-12(2)9-7(8)4-3-5-11-9/h1,3,9,13H,2,4-8H2;3-6,10H,1-2H3. The normalized spacial score (nSPS) is 15.7. The largest absolute Gasteiger partial charge is 0.386 e. The summed E-state index contributed by atoms with van der Waals surface area (Å²) in [7, 11) is 3.91. The number of hydrogen-bond donors (Lipinski definition) is 2. The fourth-order valence-corrected chi connectivity index (χ4v) is 4.01. The first kappa shape index (κ1) is 19.2. The van der Waals surface area contributed by atoms with Gasteiger partial charge in [-0.1, -0.05) is 0 Å². The molecule has 2 N–H and O–H groups in total. The number of anilines is 3. The van der Waals surface area contributed by atoms with E-state index in [-0.39, 0.29) is 0 Å². The number of rotatable bonds is 3. The van der Waals surface area contributed by atoms with Crippen LogP contribution in [0.15, 0.2) is 36.8 Å². The maximum absolute atomic E-state index is 10.9. The Bertz CT molecular complexity index is 994. The van der Waals surface area contributed by atoms with Crippen molar-refractivity contribution in [2.45, 2.75) is 6.42 Å². The summed E-state index contributed by atoms with van der Waals surface area (Å²) in [6.45, 7) is 4.85. The second kappa shape index (κ2) is 8.48. The number of nitrogens with zero attached hydrogens (tertiary/aromatic N) is 5. The van der Waals surface area contributed by atoms with Crippen LogP contribution in [0.3, 0.4) is 0 Å². The van der Waals surface area contributed by atoms with Crippen LogP contribution in [0.4, 0.5) is 17.2 Å². The second-order valence-corrected chi connectivity index (χ2v) is 7.20. The van der Waals surface area contributed by atoms with Gasteiger partial charge < -0.3 is 20.1 Å². The number of aromatic nitrogens is 3. The van der Waals surface area contributed by atoms with Crippen LogP contribution in [0, 0.1) is 0 Å². The summed E-state index contributed by atoms with van der Waals surface area (Å²) in [6.07, 6.45) is 7.44. The number of nitrogens with one attached hydrogen (secondary N) is 2. The molecule has 29 heavy (non-hydrogen) atoms. The van der Waals surface area contributed by atoms with Crippen LogP contribution in [-0.4, -0.2) is 60.7 Å². The van der Waals surface area contributed by atoms with Crippen molar-refractivity contribution in [3.05, 3.63) is 42.4 Å². The summed E-state index contributed by atoms with van der Waals surface area (Å²) in [6, 6.07) is 6.08. The van der Waals surface area contributed by atoms with E-state index in [1.54, 1.807) is 11.1 Å². The third-order valence-electron chi connectivity index (χ3n) is 5.47. The molecular weight excluding hydrogens is 366 g/mol. The molecular formula is C21H27N7O. The van der Waals surface area contributed by atoms with Crippen molar-refractivity contribution in [2.24, 2.45) is 7.05 Å². The average Bonchev–Trinajstić information content (AvgIpc) is 3.35. The topological polar surface area (TPSA) is 78.3 Å². The highest BCUT2D eigenvalue weighted by atomic mass is 16.1. The smallest absolute Gasteiger partial charge is 0.215 e. The molecule has 0 saturated carbocycles. The van der Waals surface area contributed by atoms with Gasteiger partial charge in [0, 0.05) is 82.0 Å². The molecule has 2 aliphatic heterocycles. The Labute approximate surface area is 170 Å². The molecule has 3 aromatic heterocycles. The van der Waals surface area contributed by atoms with Crippen LogP contribution < -0.4 is 20.4 Å². The van der Waals surface area contributed by atoms with Crippen LogP contribution in [0.2, 0.25) is 0 Å². The van der Waals surface area contributed by atoms with Crippen LogP contribution in [0.1, 0.15) is 5.56 Å². The zero-order chi connectivity index (χ0) is 20.2. The Kier molecular flexibility index (Phi) is 5.62. The van der Waals surface area contributed by atoms with E-state index in [4.69, 9.17) is 0 Å². The van der Waals surface area contributed by atoms with Gasteiger partial charge in [-0.3, -0.25) is 9.69 Å². The summed E-state index contributed by atoms with van der Waals surface area (Å²) in [5.74, 6) is 0.844. The summed E-state index contributed by atoms with van der Waals surface area (Å²) < 4.78 is 2.02. The lowest BCUT2D eigenvalue weighted by atomic mass is 10.1. The molecule has 5 heterocycles. The highest BCUT2D eigenvalue weighted by molar-refractivity contribution is 5.90. The van der Waals surface area contributed by atoms with Crippen molar-refractivity contribution in [1.29, 1.82) is 0 Å². The number of pyridine rings is 2. The van der Waals surface area contributed by atoms with Gasteiger partial charge in [0.25, 0.3) is 0 Å². The number of fused-ring (bicyclic) bond motifs is 2. The summed E-state index contributed by atoms with van der Waals surface area (Å²) in [4.78, 5) is 23.6. The third kappa shape index (κ3) is 3.75. The van der Waals surface area contributed by atoms with E-state index >= 15 is 0 Å². The molecule has 3 aromatic rings. The molecule has 8 nitrogen and oxygen atoms in total. The second-order valence-electron chi connectivity index (χ2n) is 7.20. The molecule has 0 aliphatic carbocycles. The SMILES string of the molecule is CNc1cn(C)c2ncccc12.O=CN1CCc2c(N3CCNCC3)ccnc21. The first-order valence-corrected chi connectivity index (χ1v) is 9.96. The predicted molar refractivity (Wildman–Crippen MR) is 117 cm³/mol. The van der Waals surface area contributed by atoms with E-state index in [9.17, 15) is 4.79 Å². The highest BCUT2D eigenvalue weighted by Crippen LogP contribution is 2.32. The molecule has 0 radical (unpaired) electrons. The zero-order valence-electron chi connectivity index (χ0n) is 16.9. The van der Waals surface area contributed by atoms with Crippen LogP contribution >= 0.6 is 0 Å². The van der Waals surface area contributed by atoms with Gasteiger partial charge in [-0.05, 0) is 24.6 Å². The summed E-state index contributed by atoms with van der Waals surface area (Å²) in [5.41, 5.74) is 4.62. The van der Waals surface area contributed by atoms with Gasteiger partial charge >= 0.3 is 0 Å². The van der Waals surface area contributed by atoms with Crippen molar-refractivity contribution in [3.8, 4) is 0 Å². The monoisotopic (exact) mass is 393 g/mol. The van der Waals surface area contributed by atoms with E-state index in [0.717, 1.165) is 62.7 Å². The van der Waals surface area contributed by atoms with Crippen molar-refractivity contribution in [1.82, 2.24) is 19.9 Å². The fourth-order valence-electron chi connectivity index (χ4n) is 4.01. The van der Waals surface area contributed by atoms with Gasteiger partial charge in [0.05, 0.1) is 5.69 Å². The number of carbonyl (C=O) groups excluding carboxylic acids is 1. The first-order valence-electron chi connectivity index (χ1n) is 9.96. The third-order valence-corrected chi connectivity index (χ3v) is 5.47. The van der Waals surface area contributed by atoms with E-state index < -0.39 is 0 Å². The number of amides is 1. The van der Waals surface area contributed by atoms with Gasteiger partial charge in [0.2, 0.25) is 6.41 Å². The number of carbonyl (C=O) groups is 1. The van der Waals surface area contributed by atoms with Crippen molar-refractivity contribution < 1.29 is 4.79 Å². The molecule has 1 saturated heterocycles. The van der Waals surface area contributed by atoms with Crippen molar-refractivity contribution in [2.75, 3.05) is 54.9 Å². The molecule has 5 rings (SSSR count). The van der Waals surface area contributed by atoms with Crippen LogP contribution in [0.25, 0.3) is 11.0 Å². The van der Waals surface area contributed by atoms with E-state index in [1.807, 2.05) is 37.1 Å². The lowest BCUT2D eigenvalue weighted by molar-refractivity contribution is -0.107. The predicted octanol–water partition coefficient (Wildman–Crippen LogP) is 1.63. The van der Waals surface area contributed by atoms with Crippen LogP contribution in [0.5, 0.6) is 0 Å². The number of aryl methyl sites for hydroxylation is 1. The van der Waals surface area contributed by atoms with Crippen molar-refractivity contribution in [3.63, 3.8) is 0 Å². The van der Waals surface area contributed by atoms with E-state index in [1.165, 1.54) is 16.6 Å². The molecule has 2 aliphatic rings. The zero-order valence-corrected chi connectivity index (χ0v) is 16.9. The molecule has 0 unspecified atom stereocenters. The lowest BCUT2D eigenvalue weighted by Gasteiger charge is -2.30. The molecule has 0 bridgehead atoms. The summed E-state index contributed by atoms with van der Waals surface area (Å²) >= 11 is 0. The van der Waals surface area contributed by atoms with E-state index in [2.05, 4.69) is 37.6 Å². The Morgan fingerprint density at radius 3 is 2.72 bits per heavy atom. The molecule has 152 valence electrons. The summed E-state index contributed by atoms with van der Waals surface area (Å²) in [5, 5.41) is 7.65. The number of hydrogen-bond acceptors (Lipinski definition) is 6. The molecule has 0 atom stereocenters. The lowest BCUT2D eigenvalue weighted by Crippen LogP contribution is -2.43. The minimum absolute atomic E-state index is 0.759. The molecule has 1 amide bonds. The maximum Gasteiger partial charge on any atom is 0.215 e. The van der Waals surface area contributed by atoms with E-state index in [0.29, 0.717) is 0 Å². The maximum atomic E-state index is 10.9. The number of piperazine rings is 1. The Balaban J connectivity index is 0.000000150. The van der Waals surface area contributed by atoms with Gasteiger partial charge in [0.1, 0.15) is 11.5 Å². The van der Waals surface area contributed by atoms with Crippen molar-refractivity contribution >= 4 is 34.6 Å². The quantitative estimate of drug-likeness (QED) is 0.659. The fraction of sp³-hybridized carbons (Fsp3) is 0.381. The van der Waals surface area contributed by atoms with Crippen LogP contribution in [-0.2, 0) is 18.3 Å². The van der Waals surface area contributed by atoms with Gasteiger partial charge in [-0.2, -0.15) is 0 Å². The van der Waals surface area contributed by atoms with Gasteiger partial charge in [0.15, 0.2) is 0 Å². The highest BCUT2D eigenvalue weighted by Gasteiger charge is 2.25. The first-order chi connectivity index (χ1) is 14.2. The molecule has 0 spiro atoms. The minimum Gasteiger partial charge on any atom is -0.386 e. The average molecular weight is 393 g/mol.